The minimum absolute atomic E-state index is 0.155. The van der Waals surface area contributed by atoms with E-state index in [1.807, 2.05) is 0 Å². The molecule has 0 spiro atoms. The molecule has 3 aromatic rings. The summed E-state index contributed by atoms with van der Waals surface area (Å²) in [5.74, 6) is 0. The van der Waals surface area contributed by atoms with Crippen LogP contribution in [-0.4, -0.2) is 54.6 Å². The zero-order valence-corrected chi connectivity index (χ0v) is 19.1. The molecule has 0 atom stereocenters. The van der Waals surface area contributed by atoms with Gasteiger partial charge in [-0.2, -0.15) is 11.3 Å². The molecule has 0 N–H and O–H groups in total. The Morgan fingerprint density at radius 2 is 1.83 bits per heavy atom. The quantitative estimate of drug-likeness (QED) is 0.561. The van der Waals surface area contributed by atoms with Gasteiger partial charge in [0.25, 0.3) is 0 Å². The van der Waals surface area contributed by atoms with Gasteiger partial charge < -0.3 is 9.80 Å². The number of fused-ring (bicyclic) bond motifs is 1. The van der Waals surface area contributed by atoms with Crippen molar-refractivity contribution in [2.75, 3.05) is 39.8 Å². The Balaban J connectivity index is 1.59. The minimum atomic E-state index is 0.155. The normalized spacial score (nSPS) is 16.6. The van der Waals surface area contributed by atoms with Gasteiger partial charge in [-0.15, -0.1) is 0 Å². The summed E-state index contributed by atoms with van der Waals surface area (Å²) in [5, 5.41) is 5.64. The van der Waals surface area contributed by atoms with Crippen LogP contribution >= 0.6 is 11.3 Å². The van der Waals surface area contributed by atoms with E-state index >= 15 is 0 Å². The molecule has 0 saturated carbocycles. The second-order valence-electron chi connectivity index (χ2n) is 9.41. The molecule has 1 aromatic carbocycles. The maximum absolute atomic E-state index is 5.10. The molecule has 0 bridgehead atoms. The summed E-state index contributed by atoms with van der Waals surface area (Å²) < 4.78 is 0. The number of aromatic nitrogens is 1. The van der Waals surface area contributed by atoms with Gasteiger partial charge in [0.05, 0.1) is 11.2 Å². The Hall–Kier alpha value is -1.75. The Morgan fingerprint density at radius 1 is 1.03 bits per heavy atom. The summed E-state index contributed by atoms with van der Waals surface area (Å²) in [6.45, 7) is 12.8. The zero-order valence-electron chi connectivity index (χ0n) is 18.2. The van der Waals surface area contributed by atoms with Gasteiger partial charge >= 0.3 is 0 Å². The molecule has 0 amide bonds. The fraction of sp³-hybridized carbons (Fsp3) is 0.480. The molecule has 3 nitrogen and oxygen atoms in total. The van der Waals surface area contributed by atoms with Crippen LogP contribution < -0.4 is 0 Å². The number of rotatable bonds is 5. The second kappa shape index (κ2) is 8.55. The highest BCUT2D eigenvalue weighted by molar-refractivity contribution is 7.08. The van der Waals surface area contributed by atoms with E-state index in [9.17, 15) is 0 Å². The summed E-state index contributed by atoms with van der Waals surface area (Å²) in [7, 11) is 2.22. The van der Waals surface area contributed by atoms with Crippen molar-refractivity contribution < 1.29 is 0 Å². The lowest BCUT2D eigenvalue weighted by atomic mass is 9.86. The molecule has 2 aromatic heterocycles. The molecule has 1 aliphatic heterocycles. The number of likely N-dealkylation sites (N-methyl/N-ethyl adjacent to an activating group) is 1. The van der Waals surface area contributed by atoms with Crippen LogP contribution in [0.2, 0.25) is 0 Å². The van der Waals surface area contributed by atoms with Crippen LogP contribution in [0.1, 0.15) is 38.3 Å². The number of thiophene rings is 1. The average molecular weight is 408 g/mol. The van der Waals surface area contributed by atoms with Gasteiger partial charge in [0.1, 0.15) is 0 Å². The van der Waals surface area contributed by atoms with Gasteiger partial charge in [-0.3, -0.25) is 0 Å². The number of hydrogen-bond acceptors (Lipinski definition) is 4. The van der Waals surface area contributed by atoms with E-state index in [1.54, 1.807) is 11.3 Å². The SMILES string of the molecule is CN1CCN(CCCc2cc3cc(C(C)(C)C)ccc3nc2-c2ccsc2)CC1. The third kappa shape index (κ3) is 4.88. The smallest absolute Gasteiger partial charge is 0.0750 e. The Kier molecular flexibility index (Phi) is 6.05. The van der Waals surface area contributed by atoms with Crippen molar-refractivity contribution in [2.45, 2.75) is 39.0 Å². The molecule has 1 saturated heterocycles. The van der Waals surface area contributed by atoms with Crippen molar-refractivity contribution in [3.63, 3.8) is 0 Å². The highest BCUT2D eigenvalue weighted by Crippen LogP contribution is 2.31. The van der Waals surface area contributed by atoms with Crippen LogP contribution in [0.3, 0.4) is 0 Å². The van der Waals surface area contributed by atoms with Crippen LogP contribution in [0.25, 0.3) is 22.2 Å². The first kappa shape index (κ1) is 20.5. The number of piperazine rings is 1. The number of aryl methyl sites for hydroxylation is 1. The molecule has 0 radical (unpaired) electrons. The largest absolute Gasteiger partial charge is 0.304 e. The lowest BCUT2D eigenvalue weighted by Crippen LogP contribution is -2.44. The van der Waals surface area contributed by atoms with Gasteiger partial charge in [-0.1, -0.05) is 26.8 Å². The van der Waals surface area contributed by atoms with Crippen molar-refractivity contribution >= 4 is 22.2 Å². The second-order valence-corrected chi connectivity index (χ2v) is 10.2. The Labute approximate surface area is 179 Å². The summed E-state index contributed by atoms with van der Waals surface area (Å²) in [4.78, 5) is 10.1. The first-order valence-corrected chi connectivity index (χ1v) is 11.7. The van der Waals surface area contributed by atoms with Gasteiger partial charge in [-0.05, 0) is 72.6 Å². The van der Waals surface area contributed by atoms with Gasteiger partial charge in [0, 0.05) is 42.5 Å². The van der Waals surface area contributed by atoms with E-state index in [1.165, 1.54) is 66.9 Å². The lowest BCUT2D eigenvalue weighted by Gasteiger charge is -2.32. The molecule has 29 heavy (non-hydrogen) atoms. The maximum atomic E-state index is 5.10. The summed E-state index contributed by atoms with van der Waals surface area (Å²) in [6, 6.07) is 11.4. The number of pyridine rings is 1. The molecule has 4 heteroatoms. The van der Waals surface area contributed by atoms with Crippen LogP contribution in [0, 0.1) is 0 Å². The standard InChI is InChI=1S/C25H33N3S/c1-25(2,3)22-7-8-23-21(17-22)16-19(24(26-23)20-9-15-29-18-20)6-5-10-28-13-11-27(4)12-14-28/h7-9,15-18H,5-6,10-14H2,1-4H3. The van der Waals surface area contributed by atoms with E-state index in [-0.39, 0.29) is 5.41 Å². The maximum Gasteiger partial charge on any atom is 0.0750 e. The van der Waals surface area contributed by atoms with Crippen molar-refractivity contribution in [1.82, 2.24) is 14.8 Å². The molecule has 1 aliphatic rings. The van der Waals surface area contributed by atoms with Crippen molar-refractivity contribution in [3.8, 4) is 11.3 Å². The lowest BCUT2D eigenvalue weighted by molar-refractivity contribution is 0.153. The van der Waals surface area contributed by atoms with Crippen molar-refractivity contribution in [1.29, 1.82) is 0 Å². The van der Waals surface area contributed by atoms with Crippen LogP contribution in [0.5, 0.6) is 0 Å². The predicted octanol–water partition coefficient (Wildman–Crippen LogP) is 5.44. The zero-order chi connectivity index (χ0) is 20.4. The highest BCUT2D eigenvalue weighted by atomic mass is 32.1. The van der Waals surface area contributed by atoms with Crippen molar-refractivity contribution in [2.24, 2.45) is 0 Å². The van der Waals surface area contributed by atoms with Gasteiger partial charge in [-0.25, -0.2) is 4.98 Å². The molecule has 154 valence electrons. The average Bonchev–Trinajstić information content (AvgIpc) is 3.22. The molecule has 0 unspecified atom stereocenters. The summed E-state index contributed by atoms with van der Waals surface area (Å²) in [5.41, 5.74) is 6.44. The molecule has 4 rings (SSSR count). The highest BCUT2D eigenvalue weighted by Gasteiger charge is 2.17. The van der Waals surface area contributed by atoms with Crippen molar-refractivity contribution in [3.05, 3.63) is 52.2 Å². The molecular weight excluding hydrogens is 374 g/mol. The monoisotopic (exact) mass is 407 g/mol. The number of hydrogen-bond donors (Lipinski definition) is 0. The summed E-state index contributed by atoms with van der Waals surface area (Å²) in [6.07, 6.45) is 2.27. The first-order chi connectivity index (χ1) is 13.9. The molecule has 1 fully saturated rings. The number of nitrogens with zero attached hydrogens (tertiary/aromatic N) is 3. The third-order valence-corrected chi connectivity index (χ3v) is 6.75. The van der Waals surface area contributed by atoms with E-state index in [4.69, 9.17) is 4.98 Å². The molecule has 3 heterocycles. The van der Waals surface area contributed by atoms with E-state index in [0.717, 1.165) is 11.9 Å². The van der Waals surface area contributed by atoms with E-state index in [0.29, 0.717) is 0 Å². The minimum Gasteiger partial charge on any atom is -0.304 e. The Morgan fingerprint density at radius 3 is 2.52 bits per heavy atom. The van der Waals surface area contributed by atoms with Crippen LogP contribution in [-0.2, 0) is 11.8 Å². The van der Waals surface area contributed by atoms with Gasteiger partial charge in [0.2, 0.25) is 0 Å². The fourth-order valence-corrected chi connectivity index (χ4v) is 4.73. The fourth-order valence-electron chi connectivity index (χ4n) is 4.09. The first-order valence-electron chi connectivity index (χ1n) is 10.8. The predicted molar refractivity (Wildman–Crippen MR) is 126 cm³/mol. The van der Waals surface area contributed by atoms with Crippen LogP contribution in [0.4, 0.5) is 0 Å². The third-order valence-electron chi connectivity index (χ3n) is 6.07. The van der Waals surface area contributed by atoms with E-state index < -0.39 is 0 Å². The molecule has 0 aliphatic carbocycles. The molecular formula is C25H33N3S. The van der Waals surface area contributed by atoms with Crippen LogP contribution in [0.15, 0.2) is 41.1 Å². The van der Waals surface area contributed by atoms with Gasteiger partial charge in [0.15, 0.2) is 0 Å². The summed E-state index contributed by atoms with van der Waals surface area (Å²) >= 11 is 1.75. The topological polar surface area (TPSA) is 19.4 Å². The van der Waals surface area contributed by atoms with E-state index in [2.05, 4.69) is 78.7 Å². The number of benzene rings is 1. The Bertz CT molecular complexity index is 948.